The molecule has 0 unspecified atom stereocenters. The van der Waals surface area contributed by atoms with Gasteiger partial charge in [-0.05, 0) is 27.2 Å². The van der Waals surface area contributed by atoms with Crippen LogP contribution in [0.2, 0.25) is 0 Å². The molecule has 0 aliphatic carbocycles. The molecule has 1 aromatic rings. The van der Waals surface area contributed by atoms with E-state index in [4.69, 9.17) is 4.74 Å². The number of rotatable bonds is 6. The zero-order valence-corrected chi connectivity index (χ0v) is 11.5. The number of hydrogen-bond acceptors (Lipinski definition) is 4. The SMILES string of the molecule is COCCCc1ncc(CNC(C)(C)C)s1. The highest BCUT2D eigenvalue weighted by Crippen LogP contribution is 2.15. The lowest BCUT2D eigenvalue weighted by Crippen LogP contribution is -2.34. The Hall–Kier alpha value is -0.450. The molecule has 3 nitrogen and oxygen atoms in total. The lowest BCUT2D eigenvalue weighted by molar-refractivity contribution is 0.195. The Balaban J connectivity index is 2.33. The molecule has 1 heterocycles. The molecule has 0 saturated heterocycles. The van der Waals surface area contributed by atoms with Gasteiger partial charge in [-0.1, -0.05) is 0 Å². The Kier molecular flexibility index (Phi) is 5.38. The summed E-state index contributed by atoms with van der Waals surface area (Å²) in [5.74, 6) is 0. The molecule has 1 rings (SSSR count). The predicted molar refractivity (Wildman–Crippen MR) is 68.9 cm³/mol. The van der Waals surface area contributed by atoms with Crippen LogP contribution >= 0.6 is 11.3 Å². The van der Waals surface area contributed by atoms with Crippen LogP contribution in [-0.4, -0.2) is 24.2 Å². The minimum absolute atomic E-state index is 0.167. The summed E-state index contributed by atoms with van der Waals surface area (Å²) < 4.78 is 5.03. The van der Waals surface area contributed by atoms with Crippen LogP contribution in [0.25, 0.3) is 0 Å². The van der Waals surface area contributed by atoms with E-state index < -0.39 is 0 Å². The molecule has 0 radical (unpaired) electrons. The standard InChI is InChI=1S/C12H22N2OS/c1-12(2,3)14-9-10-8-13-11(16-10)6-5-7-15-4/h8,14H,5-7,9H2,1-4H3. The second kappa shape index (κ2) is 6.33. The predicted octanol–water partition coefficient (Wildman–Crippen LogP) is 2.61. The summed E-state index contributed by atoms with van der Waals surface area (Å²) in [5, 5.41) is 4.68. The second-order valence-corrected chi connectivity index (χ2v) is 6.12. The van der Waals surface area contributed by atoms with Gasteiger partial charge in [0, 0.05) is 43.3 Å². The van der Waals surface area contributed by atoms with Crippen molar-refractivity contribution in [3.05, 3.63) is 16.1 Å². The first-order valence-corrected chi connectivity index (χ1v) is 6.50. The van der Waals surface area contributed by atoms with Crippen molar-refractivity contribution in [2.75, 3.05) is 13.7 Å². The van der Waals surface area contributed by atoms with E-state index in [2.05, 4.69) is 31.1 Å². The molecule has 0 fully saturated rings. The smallest absolute Gasteiger partial charge is 0.0929 e. The van der Waals surface area contributed by atoms with Gasteiger partial charge in [0.2, 0.25) is 0 Å². The first-order chi connectivity index (χ1) is 7.51. The molecular weight excluding hydrogens is 220 g/mol. The second-order valence-electron chi connectivity index (χ2n) is 4.92. The van der Waals surface area contributed by atoms with Gasteiger partial charge in [0.15, 0.2) is 0 Å². The van der Waals surface area contributed by atoms with Gasteiger partial charge in [-0.2, -0.15) is 0 Å². The Morgan fingerprint density at radius 1 is 1.44 bits per heavy atom. The number of nitrogens with one attached hydrogen (secondary N) is 1. The molecule has 4 heteroatoms. The van der Waals surface area contributed by atoms with Crippen molar-refractivity contribution in [1.82, 2.24) is 10.3 Å². The average molecular weight is 242 g/mol. The molecule has 0 bridgehead atoms. The lowest BCUT2D eigenvalue weighted by atomic mass is 10.1. The number of nitrogens with zero attached hydrogens (tertiary/aromatic N) is 1. The van der Waals surface area contributed by atoms with Crippen molar-refractivity contribution >= 4 is 11.3 Å². The molecule has 0 spiro atoms. The Bertz CT molecular complexity index is 304. The van der Waals surface area contributed by atoms with Crippen molar-refractivity contribution < 1.29 is 4.74 Å². The molecule has 0 amide bonds. The van der Waals surface area contributed by atoms with Crippen LogP contribution in [0, 0.1) is 0 Å². The number of methoxy groups -OCH3 is 1. The zero-order valence-electron chi connectivity index (χ0n) is 10.7. The number of aromatic nitrogens is 1. The van der Waals surface area contributed by atoms with Crippen LogP contribution < -0.4 is 5.32 Å². The van der Waals surface area contributed by atoms with Gasteiger partial charge in [0.05, 0.1) is 5.01 Å². The summed E-state index contributed by atoms with van der Waals surface area (Å²) in [6.45, 7) is 8.25. The van der Waals surface area contributed by atoms with Crippen LogP contribution in [-0.2, 0) is 17.7 Å². The van der Waals surface area contributed by atoms with Crippen molar-refractivity contribution in [3.63, 3.8) is 0 Å². The summed E-state index contributed by atoms with van der Waals surface area (Å²) in [6.07, 6.45) is 4.05. The van der Waals surface area contributed by atoms with E-state index in [0.717, 1.165) is 26.0 Å². The van der Waals surface area contributed by atoms with E-state index in [1.165, 1.54) is 9.88 Å². The fourth-order valence-corrected chi connectivity index (χ4v) is 2.17. The molecule has 1 N–H and O–H groups in total. The molecule has 16 heavy (non-hydrogen) atoms. The molecule has 0 saturated carbocycles. The third-order valence-electron chi connectivity index (χ3n) is 2.13. The first kappa shape index (κ1) is 13.6. The fourth-order valence-electron chi connectivity index (χ4n) is 1.27. The Morgan fingerprint density at radius 3 is 2.81 bits per heavy atom. The van der Waals surface area contributed by atoms with Gasteiger partial charge in [-0.3, -0.25) is 0 Å². The van der Waals surface area contributed by atoms with E-state index >= 15 is 0 Å². The van der Waals surface area contributed by atoms with E-state index in [0.29, 0.717) is 0 Å². The van der Waals surface area contributed by atoms with Gasteiger partial charge >= 0.3 is 0 Å². The van der Waals surface area contributed by atoms with Crippen molar-refractivity contribution in [2.45, 2.75) is 45.7 Å². The van der Waals surface area contributed by atoms with Gasteiger partial charge in [-0.25, -0.2) is 4.98 Å². The molecule has 92 valence electrons. The van der Waals surface area contributed by atoms with E-state index in [1.54, 1.807) is 18.4 Å². The van der Waals surface area contributed by atoms with Crippen LogP contribution in [0.15, 0.2) is 6.20 Å². The van der Waals surface area contributed by atoms with Crippen LogP contribution in [0.1, 0.15) is 37.1 Å². The van der Waals surface area contributed by atoms with Crippen molar-refractivity contribution in [1.29, 1.82) is 0 Å². The third kappa shape index (κ3) is 5.58. The third-order valence-corrected chi connectivity index (χ3v) is 3.19. The summed E-state index contributed by atoms with van der Waals surface area (Å²) in [7, 11) is 1.74. The Morgan fingerprint density at radius 2 is 2.19 bits per heavy atom. The minimum Gasteiger partial charge on any atom is -0.385 e. The summed E-state index contributed by atoms with van der Waals surface area (Å²) >= 11 is 1.79. The normalized spacial score (nSPS) is 12.0. The van der Waals surface area contributed by atoms with Gasteiger partial charge in [0.1, 0.15) is 0 Å². The number of thiazole rings is 1. The highest BCUT2D eigenvalue weighted by Gasteiger charge is 2.09. The average Bonchev–Trinajstić information content (AvgIpc) is 2.62. The quantitative estimate of drug-likeness (QED) is 0.779. The number of ether oxygens (including phenoxy) is 1. The van der Waals surface area contributed by atoms with Crippen LogP contribution in [0.4, 0.5) is 0 Å². The summed E-state index contributed by atoms with van der Waals surface area (Å²) in [6, 6.07) is 0. The topological polar surface area (TPSA) is 34.1 Å². The molecule has 0 aromatic carbocycles. The van der Waals surface area contributed by atoms with Crippen molar-refractivity contribution in [2.24, 2.45) is 0 Å². The van der Waals surface area contributed by atoms with Gasteiger partial charge in [-0.15, -0.1) is 11.3 Å². The maximum absolute atomic E-state index is 5.03. The maximum atomic E-state index is 5.03. The number of hydrogen-bond donors (Lipinski definition) is 1. The zero-order chi connectivity index (χ0) is 12.0. The van der Waals surface area contributed by atoms with Crippen molar-refractivity contribution in [3.8, 4) is 0 Å². The largest absolute Gasteiger partial charge is 0.385 e. The summed E-state index contributed by atoms with van der Waals surface area (Å²) in [5.41, 5.74) is 0.167. The monoisotopic (exact) mass is 242 g/mol. The first-order valence-electron chi connectivity index (χ1n) is 5.69. The van der Waals surface area contributed by atoms with Crippen LogP contribution in [0.5, 0.6) is 0 Å². The van der Waals surface area contributed by atoms with Crippen LogP contribution in [0.3, 0.4) is 0 Å². The van der Waals surface area contributed by atoms with Gasteiger partial charge < -0.3 is 10.1 Å². The highest BCUT2D eigenvalue weighted by molar-refractivity contribution is 7.11. The Labute approximate surface area is 102 Å². The van der Waals surface area contributed by atoms with E-state index in [-0.39, 0.29) is 5.54 Å². The molecule has 0 atom stereocenters. The molecule has 0 aliphatic heterocycles. The fraction of sp³-hybridized carbons (Fsp3) is 0.750. The lowest BCUT2D eigenvalue weighted by Gasteiger charge is -2.19. The molecule has 0 aliphatic rings. The van der Waals surface area contributed by atoms with Gasteiger partial charge in [0.25, 0.3) is 0 Å². The van der Waals surface area contributed by atoms with E-state index in [9.17, 15) is 0 Å². The maximum Gasteiger partial charge on any atom is 0.0929 e. The molecular formula is C12H22N2OS. The minimum atomic E-state index is 0.167. The van der Waals surface area contributed by atoms with E-state index in [1.807, 2.05) is 6.20 Å². The molecule has 1 aromatic heterocycles. The number of aryl methyl sites for hydroxylation is 1. The summed E-state index contributed by atoms with van der Waals surface area (Å²) in [4.78, 5) is 5.72. The highest BCUT2D eigenvalue weighted by atomic mass is 32.1.